The van der Waals surface area contributed by atoms with Crippen LogP contribution in [0.5, 0.6) is 0 Å². The van der Waals surface area contributed by atoms with Crippen molar-refractivity contribution in [3.63, 3.8) is 0 Å². The van der Waals surface area contributed by atoms with Crippen LogP contribution in [0.1, 0.15) is 80.6 Å². The lowest BCUT2D eigenvalue weighted by Crippen LogP contribution is -2.23. The summed E-state index contributed by atoms with van der Waals surface area (Å²) in [5.74, 6) is 0.789. The number of hydrogen-bond donors (Lipinski definition) is 0. The van der Waals surface area contributed by atoms with Crippen LogP contribution < -0.4 is 0 Å². The van der Waals surface area contributed by atoms with E-state index in [9.17, 15) is 0 Å². The molecule has 1 atom stereocenters. The van der Waals surface area contributed by atoms with E-state index in [0.717, 1.165) is 5.92 Å². The van der Waals surface area contributed by atoms with Gasteiger partial charge in [-0.25, -0.2) is 0 Å². The van der Waals surface area contributed by atoms with E-state index in [-0.39, 0.29) is 0 Å². The van der Waals surface area contributed by atoms with E-state index < -0.39 is 0 Å². The van der Waals surface area contributed by atoms with Crippen LogP contribution in [-0.2, 0) is 0 Å². The molecule has 0 spiro atoms. The third kappa shape index (κ3) is 7.63. The van der Waals surface area contributed by atoms with E-state index >= 15 is 0 Å². The van der Waals surface area contributed by atoms with Crippen LogP contribution in [0.4, 0.5) is 0 Å². The first kappa shape index (κ1) is 16.7. The molecule has 0 heteroatoms. The summed E-state index contributed by atoms with van der Waals surface area (Å²) in [4.78, 5) is 0. The van der Waals surface area contributed by atoms with Crippen LogP contribution in [0.3, 0.4) is 0 Å². The molecule has 0 bridgehead atoms. The van der Waals surface area contributed by atoms with Crippen LogP contribution in [-0.4, -0.2) is 0 Å². The van der Waals surface area contributed by atoms with Gasteiger partial charge in [0.1, 0.15) is 0 Å². The predicted molar refractivity (Wildman–Crippen MR) is 80.3 cm³/mol. The van der Waals surface area contributed by atoms with Gasteiger partial charge in [-0.2, -0.15) is 0 Å². The van der Waals surface area contributed by atoms with Crippen molar-refractivity contribution in [2.75, 3.05) is 0 Å². The van der Waals surface area contributed by atoms with Crippen LogP contribution in [0.2, 0.25) is 0 Å². The third-order valence-corrected chi connectivity index (χ3v) is 3.98. The molecule has 0 fully saturated rings. The Morgan fingerprint density at radius 3 is 2.00 bits per heavy atom. The first-order valence-corrected chi connectivity index (χ1v) is 7.28. The van der Waals surface area contributed by atoms with Gasteiger partial charge < -0.3 is 0 Å². The molecule has 0 saturated heterocycles. The first-order chi connectivity index (χ1) is 7.62. The molecule has 102 valence electrons. The minimum Gasteiger partial charge on any atom is -0.0998 e. The second-order valence-electron chi connectivity index (χ2n) is 7.50. The normalized spacial score (nSPS) is 14.8. The molecule has 0 heterocycles. The monoisotopic (exact) mass is 238 g/mol. The third-order valence-electron chi connectivity index (χ3n) is 3.98. The molecule has 17 heavy (non-hydrogen) atoms. The van der Waals surface area contributed by atoms with E-state index in [4.69, 9.17) is 0 Å². The van der Waals surface area contributed by atoms with Gasteiger partial charge in [0.15, 0.2) is 0 Å². The summed E-state index contributed by atoms with van der Waals surface area (Å²) in [6.07, 6.45) is 6.19. The standard InChI is InChI=1S/C17H34/c1-9-14(3)11-15(4)12-17(7,8)13-16(5,6)10-2/h14H,4,9-13H2,1-3,5-8H3. The molecule has 0 N–H and O–H groups in total. The van der Waals surface area contributed by atoms with Crippen LogP contribution >= 0.6 is 0 Å². The first-order valence-electron chi connectivity index (χ1n) is 7.28. The van der Waals surface area contributed by atoms with Gasteiger partial charge in [-0.1, -0.05) is 73.5 Å². The van der Waals surface area contributed by atoms with Crippen molar-refractivity contribution in [1.82, 2.24) is 0 Å². The maximum Gasteiger partial charge on any atom is -0.0271 e. The molecular weight excluding hydrogens is 204 g/mol. The number of allylic oxidation sites excluding steroid dienone is 1. The Bertz CT molecular complexity index is 232. The van der Waals surface area contributed by atoms with E-state index in [1.807, 2.05) is 0 Å². The van der Waals surface area contributed by atoms with Crippen LogP contribution in [0.15, 0.2) is 12.2 Å². The van der Waals surface area contributed by atoms with Gasteiger partial charge in [0, 0.05) is 0 Å². The molecular formula is C17H34. The molecule has 0 nitrogen and oxygen atoms in total. The summed E-state index contributed by atoms with van der Waals surface area (Å²) in [5.41, 5.74) is 2.29. The zero-order chi connectivity index (χ0) is 13.7. The highest BCUT2D eigenvalue weighted by Crippen LogP contribution is 2.40. The zero-order valence-electron chi connectivity index (χ0n) is 13.3. The van der Waals surface area contributed by atoms with Crippen LogP contribution in [0.25, 0.3) is 0 Å². The van der Waals surface area contributed by atoms with Gasteiger partial charge in [-0.3, -0.25) is 0 Å². The highest BCUT2D eigenvalue weighted by atomic mass is 14.3. The molecule has 0 amide bonds. The lowest BCUT2D eigenvalue weighted by atomic mass is 9.70. The van der Waals surface area contributed by atoms with Crippen LogP contribution in [0, 0.1) is 16.7 Å². The number of rotatable bonds is 8. The average molecular weight is 238 g/mol. The minimum atomic E-state index is 0.393. The van der Waals surface area contributed by atoms with Crippen molar-refractivity contribution in [3.8, 4) is 0 Å². The van der Waals surface area contributed by atoms with Gasteiger partial charge in [0.05, 0.1) is 0 Å². The Balaban J connectivity index is 4.30. The largest absolute Gasteiger partial charge is 0.0998 e. The molecule has 0 aliphatic heterocycles. The zero-order valence-corrected chi connectivity index (χ0v) is 13.3. The van der Waals surface area contributed by atoms with Gasteiger partial charge in [0.2, 0.25) is 0 Å². The maximum atomic E-state index is 4.28. The molecule has 0 radical (unpaired) electrons. The van der Waals surface area contributed by atoms with E-state index in [0.29, 0.717) is 10.8 Å². The number of hydrogen-bond acceptors (Lipinski definition) is 0. The Kier molecular flexibility index (Phi) is 6.51. The molecule has 0 aliphatic carbocycles. The van der Waals surface area contributed by atoms with Gasteiger partial charge >= 0.3 is 0 Å². The quantitative estimate of drug-likeness (QED) is 0.440. The van der Waals surface area contributed by atoms with Gasteiger partial charge in [-0.15, -0.1) is 0 Å². The summed E-state index contributed by atoms with van der Waals surface area (Å²) in [5, 5.41) is 0. The van der Waals surface area contributed by atoms with Crippen molar-refractivity contribution in [3.05, 3.63) is 12.2 Å². The Morgan fingerprint density at radius 2 is 1.59 bits per heavy atom. The Hall–Kier alpha value is -0.260. The average Bonchev–Trinajstić information content (AvgIpc) is 2.14. The molecule has 0 aromatic carbocycles. The summed E-state index contributed by atoms with van der Waals surface area (Å²) < 4.78 is 0. The second kappa shape index (κ2) is 6.61. The fourth-order valence-corrected chi connectivity index (χ4v) is 2.87. The summed E-state index contributed by atoms with van der Waals surface area (Å²) >= 11 is 0. The Labute approximate surface area is 110 Å². The van der Waals surface area contributed by atoms with Crippen molar-refractivity contribution in [2.24, 2.45) is 16.7 Å². The van der Waals surface area contributed by atoms with Crippen molar-refractivity contribution in [2.45, 2.75) is 80.6 Å². The minimum absolute atomic E-state index is 0.393. The van der Waals surface area contributed by atoms with E-state index in [1.165, 1.54) is 37.7 Å². The van der Waals surface area contributed by atoms with E-state index in [1.54, 1.807) is 0 Å². The molecule has 0 aromatic rings. The lowest BCUT2D eigenvalue weighted by Gasteiger charge is -2.35. The van der Waals surface area contributed by atoms with Gasteiger partial charge in [0.25, 0.3) is 0 Å². The highest BCUT2D eigenvalue weighted by Gasteiger charge is 2.28. The summed E-state index contributed by atoms with van der Waals surface area (Å²) in [7, 11) is 0. The SMILES string of the molecule is C=C(CC(C)CC)CC(C)(C)CC(C)(C)CC. The Morgan fingerprint density at radius 1 is 1.06 bits per heavy atom. The van der Waals surface area contributed by atoms with Crippen molar-refractivity contribution >= 4 is 0 Å². The van der Waals surface area contributed by atoms with Crippen molar-refractivity contribution < 1.29 is 0 Å². The van der Waals surface area contributed by atoms with Crippen molar-refractivity contribution in [1.29, 1.82) is 0 Å². The lowest BCUT2D eigenvalue weighted by molar-refractivity contribution is 0.185. The smallest absolute Gasteiger partial charge is 0.0271 e. The molecule has 0 aliphatic rings. The maximum absolute atomic E-state index is 4.28. The topological polar surface area (TPSA) is 0 Å². The fraction of sp³-hybridized carbons (Fsp3) is 0.882. The summed E-state index contributed by atoms with van der Waals surface area (Å²) in [6, 6.07) is 0. The molecule has 0 saturated carbocycles. The molecule has 1 unspecified atom stereocenters. The second-order valence-corrected chi connectivity index (χ2v) is 7.50. The van der Waals surface area contributed by atoms with Gasteiger partial charge in [-0.05, 0) is 36.0 Å². The summed E-state index contributed by atoms with van der Waals surface area (Å²) in [6.45, 7) is 20.7. The molecule has 0 rings (SSSR count). The van der Waals surface area contributed by atoms with E-state index in [2.05, 4.69) is 55.0 Å². The predicted octanol–water partition coefficient (Wildman–Crippen LogP) is 6.22. The molecule has 0 aromatic heterocycles. The fourth-order valence-electron chi connectivity index (χ4n) is 2.87. The highest BCUT2D eigenvalue weighted by molar-refractivity contribution is 5.00.